The van der Waals surface area contributed by atoms with Gasteiger partial charge in [0.1, 0.15) is 0 Å². The SMILES string of the molecule is CCC(C)C(=O)OC(C[Si](C)C)C[Si](C)C. The van der Waals surface area contributed by atoms with Gasteiger partial charge in [0.2, 0.25) is 0 Å². The highest BCUT2D eigenvalue weighted by Gasteiger charge is 2.21. The lowest BCUT2D eigenvalue weighted by molar-refractivity contribution is -0.151. The quantitative estimate of drug-likeness (QED) is 0.516. The maximum atomic E-state index is 11.7. The molecule has 0 aromatic rings. The standard InChI is InChI=1S/C12H26O2Si2/c1-7-10(2)12(13)14-11(8-15(3)4)9-16(5)6/h10-11H,7-9H2,1-6H3. The first-order valence-corrected chi connectivity index (χ1v) is 11.6. The highest BCUT2D eigenvalue weighted by molar-refractivity contribution is 6.57. The molecule has 0 heterocycles. The van der Waals surface area contributed by atoms with Crippen LogP contribution in [0.5, 0.6) is 0 Å². The van der Waals surface area contributed by atoms with E-state index in [0.717, 1.165) is 18.5 Å². The van der Waals surface area contributed by atoms with Crippen LogP contribution in [0.25, 0.3) is 0 Å². The zero-order valence-corrected chi connectivity index (χ0v) is 13.6. The normalized spacial score (nSPS) is 13.6. The molecule has 0 aromatic carbocycles. The molecular formula is C12H26O2Si2. The molecule has 1 unspecified atom stereocenters. The van der Waals surface area contributed by atoms with E-state index in [1.165, 1.54) is 0 Å². The molecular weight excluding hydrogens is 232 g/mol. The second-order valence-electron chi connectivity index (χ2n) is 5.19. The first-order chi connectivity index (χ1) is 7.36. The molecule has 2 radical (unpaired) electrons. The molecule has 0 rings (SSSR count). The molecule has 0 saturated carbocycles. The van der Waals surface area contributed by atoms with Gasteiger partial charge in [0, 0.05) is 17.6 Å². The zero-order valence-electron chi connectivity index (χ0n) is 11.6. The first kappa shape index (κ1) is 15.9. The molecule has 0 fully saturated rings. The fourth-order valence-corrected chi connectivity index (χ4v) is 4.08. The minimum atomic E-state index is -0.316. The fourth-order valence-electron chi connectivity index (χ4n) is 1.51. The van der Waals surface area contributed by atoms with Gasteiger partial charge in [-0.2, -0.15) is 0 Å². The van der Waals surface area contributed by atoms with Gasteiger partial charge in [0.15, 0.2) is 0 Å². The molecule has 2 nitrogen and oxygen atoms in total. The molecule has 0 N–H and O–H groups in total. The summed E-state index contributed by atoms with van der Waals surface area (Å²) in [7, 11) is -0.633. The number of hydrogen-bond donors (Lipinski definition) is 0. The van der Waals surface area contributed by atoms with Crippen LogP contribution in [0.2, 0.25) is 38.3 Å². The van der Waals surface area contributed by atoms with Crippen LogP contribution in [0.15, 0.2) is 0 Å². The van der Waals surface area contributed by atoms with Crippen molar-refractivity contribution < 1.29 is 9.53 Å². The summed E-state index contributed by atoms with van der Waals surface area (Å²) in [6.45, 7) is 13.1. The van der Waals surface area contributed by atoms with Crippen LogP contribution < -0.4 is 0 Å². The fraction of sp³-hybridized carbons (Fsp3) is 0.917. The summed E-state index contributed by atoms with van der Waals surface area (Å²) in [5.74, 6) is 0.0512. The van der Waals surface area contributed by atoms with Gasteiger partial charge in [-0.05, 0) is 18.5 Å². The summed E-state index contributed by atoms with van der Waals surface area (Å²) in [6, 6.07) is 2.20. The smallest absolute Gasteiger partial charge is 0.308 e. The van der Waals surface area contributed by atoms with Crippen LogP contribution in [0.4, 0.5) is 0 Å². The van der Waals surface area contributed by atoms with Crippen LogP contribution in [0, 0.1) is 5.92 Å². The van der Waals surface area contributed by atoms with Gasteiger partial charge in [-0.15, -0.1) is 0 Å². The van der Waals surface area contributed by atoms with Crippen LogP contribution in [0.1, 0.15) is 20.3 Å². The van der Waals surface area contributed by atoms with Crippen molar-refractivity contribution in [2.24, 2.45) is 5.92 Å². The summed E-state index contributed by atoms with van der Waals surface area (Å²) in [5, 5.41) is 0. The van der Waals surface area contributed by atoms with Gasteiger partial charge in [-0.3, -0.25) is 4.79 Å². The van der Waals surface area contributed by atoms with Crippen LogP contribution >= 0.6 is 0 Å². The Hall–Kier alpha value is -0.0962. The summed E-state index contributed by atoms with van der Waals surface area (Å²) in [4.78, 5) is 11.7. The van der Waals surface area contributed by atoms with E-state index >= 15 is 0 Å². The number of ether oxygens (including phenoxy) is 1. The van der Waals surface area contributed by atoms with E-state index in [1.54, 1.807) is 0 Å². The second kappa shape index (κ2) is 8.06. The lowest BCUT2D eigenvalue weighted by Crippen LogP contribution is -2.28. The van der Waals surface area contributed by atoms with Crippen molar-refractivity contribution in [2.45, 2.75) is 64.6 Å². The third-order valence-corrected chi connectivity index (χ3v) is 5.11. The molecule has 0 aliphatic rings. The van der Waals surface area contributed by atoms with Gasteiger partial charge < -0.3 is 4.74 Å². The zero-order chi connectivity index (χ0) is 12.7. The Balaban J connectivity index is 4.24. The van der Waals surface area contributed by atoms with Crippen molar-refractivity contribution in [1.82, 2.24) is 0 Å². The van der Waals surface area contributed by atoms with Crippen LogP contribution in [-0.4, -0.2) is 29.7 Å². The number of carbonyl (C=O) groups excluding carboxylic acids is 1. The van der Waals surface area contributed by atoms with E-state index in [9.17, 15) is 4.79 Å². The third kappa shape index (κ3) is 7.22. The number of esters is 1. The second-order valence-corrected chi connectivity index (χ2v) is 10.8. The summed E-state index contributed by atoms with van der Waals surface area (Å²) in [6.07, 6.45) is 1.06. The lowest BCUT2D eigenvalue weighted by atomic mass is 10.1. The Morgan fingerprint density at radius 3 is 1.88 bits per heavy atom. The van der Waals surface area contributed by atoms with Crippen molar-refractivity contribution in [3.63, 3.8) is 0 Å². The van der Waals surface area contributed by atoms with Crippen molar-refractivity contribution in [2.75, 3.05) is 0 Å². The largest absolute Gasteiger partial charge is 0.463 e. The van der Waals surface area contributed by atoms with Crippen molar-refractivity contribution in [3.05, 3.63) is 0 Å². The Kier molecular flexibility index (Phi) is 8.01. The third-order valence-electron chi connectivity index (χ3n) is 2.57. The molecule has 0 amide bonds. The Morgan fingerprint density at radius 1 is 1.12 bits per heavy atom. The summed E-state index contributed by atoms with van der Waals surface area (Å²) >= 11 is 0. The molecule has 0 aromatic heterocycles. The van der Waals surface area contributed by atoms with E-state index in [4.69, 9.17) is 4.74 Å². The molecule has 0 bridgehead atoms. The van der Waals surface area contributed by atoms with Gasteiger partial charge in [-0.1, -0.05) is 40.0 Å². The van der Waals surface area contributed by atoms with E-state index < -0.39 is 0 Å². The monoisotopic (exact) mass is 258 g/mol. The van der Waals surface area contributed by atoms with Gasteiger partial charge in [-0.25, -0.2) is 0 Å². The molecule has 16 heavy (non-hydrogen) atoms. The number of hydrogen-bond acceptors (Lipinski definition) is 2. The van der Waals surface area contributed by atoms with E-state index in [2.05, 4.69) is 26.2 Å². The average Bonchev–Trinajstić information content (AvgIpc) is 2.14. The Morgan fingerprint density at radius 2 is 1.56 bits per heavy atom. The van der Waals surface area contributed by atoms with Crippen LogP contribution in [-0.2, 0) is 9.53 Å². The van der Waals surface area contributed by atoms with E-state index in [1.807, 2.05) is 13.8 Å². The lowest BCUT2D eigenvalue weighted by Gasteiger charge is -2.22. The summed E-state index contributed by atoms with van der Waals surface area (Å²) in [5.41, 5.74) is 0. The molecule has 94 valence electrons. The Bertz CT molecular complexity index is 195. The number of carbonyl (C=O) groups is 1. The minimum absolute atomic E-state index is 0.000926. The predicted octanol–water partition coefficient (Wildman–Crippen LogP) is 3.45. The predicted molar refractivity (Wildman–Crippen MR) is 73.9 cm³/mol. The van der Waals surface area contributed by atoms with Gasteiger partial charge in [0.05, 0.1) is 12.0 Å². The molecule has 0 aliphatic heterocycles. The van der Waals surface area contributed by atoms with Crippen molar-refractivity contribution in [3.8, 4) is 0 Å². The summed E-state index contributed by atoms with van der Waals surface area (Å²) < 4.78 is 5.64. The minimum Gasteiger partial charge on any atom is -0.463 e. The molecule has 4 heteroatoms. The molecule has 0 spiro atoms. The average molecular weight is 259 g/mol. The van der Waals surface area contributed by atoms with Crippen molar-refractivity contribution in [1.29, 1.82) is 0 Å². The topological polar surface area (TPSA) is 26.3 Å². The van der Waals surface area contributed by atoms with Crippen molar-refractivity contribution >= 4 is 23.6 Å². The first-order valence-electron chi connectivity index (χ1n) is 6.15. The maximum absolute atomic E-state index is 11.7. The van der Waals surface area contributed by atoms with Gasteiger partial charge >= 0.3 is 5.97 Å². The molecule has 1 atom stereocenters. The molecule has 0 saturated heterocycles. The highest BCUT2D eigenvalue weighted by Crippen LogP contribution is 2.15. The van der Waals surface area contributed by atoms with Crippen LogP contribution in [0.3, 0.4) is 0 Å². The van der Waals surface area contributed by atoms with E-state index in [-0.39, 0.29) is 35.6 Å². The Labute approximate surface area is 104 Å². The number of rotatable bonds is 7. The van der Waals surface area contributed by atoms with E-state index in [0.29, 0.717) is 0 Å². The van der Waals surface area contributed by atoms with Gasteiger partial charge in [0.25, 0.3) is 0 Å². The molecule has 0 aliphatic carbocycles. The highest BCUT2D eigenvalue weighted by atomic mass is 28.3. The maximum Gasteiger partial charge on any atom is 0.308 e.